The Bertz CT molecular complexity index is 1660. The Morgan fingerprint density at radius 1 is 0.864 bits per heavy atom. The van der Waals surface area contributed by atoms with E-state index in [1.54, 1.807) is 36.4 Å². The molecule has 1 N–H and O–H groups in total. The van der Waals surface area contributed by atoms with Crippen LogP contribution in [-0.4, -0.2) is 44.3 Å². The number of hydrogen-bond donors (Lipinski definition) is 1. The zero-order valence-corrected chi connectivity index (χ0v) is 27.6. The fourth-order valence-electron chi connectivity index (χ4n) is 4.77. The van der Waals surface area contributed by atoms with E-state index >= 15 is 0 Å². The summed E-state index contributed by atoms with van der Waals surface area (Å²) < 4.78 is 29.9. The molecule has 7 nitrogen and oxygen atoms in total. The number of sulfonamides is 1. The first kappa shape index (κ1) is 33.2. The third kappa shape index (κ3) is 8.94. The maximum atomic E-state index is 14.4. The summed E-state index contributed by atoms with van der Waals surface area (Å²) in [7, 11) is -4.18. The van der Waals surface area contributed by atoms with Gasteiger partial charge < -0.3 is 10.2 Å². The number of halogens is 2. The van der Waals surface area contributed by atoms with Crippen LogP contribution in [0.15, 0.2) is 119 Å². The predicted octanol–water partition coefficient (Wildman–Crippen LogP) is 6.85. The summed E-state index contributed by atoms with van der Waals surface area (Å²) in [4.78, 5) is 29.7. The van der Waals surface area contributed by atoms with Gasteiger partial charge in [-0.25, -0.2) is 8.42 Å². The first-order valence-electron chi connectivity index (χ1n) is 14.4. The fourth-order valence-corrected chi connectivity index (χ4v) is 6.83. The Kier molecular flexibility index (Phi) is 12.0. The van der Waals surface area contributed by atoms with Gasteiger partial charge in [-0.3, -0.25) is 13.9 Å². The number of hydrogen-bond acceptors (Lipinski definition) is 4. The largest absolute Gasteiger partial charge is 0.354 e. The van der Waals surface area contributed by atoms with Crippen molar-refractivity contribution in [2.75, 3.05) is 17.4 Å². The number of unbranched alkanes of at least 4 members (excludes halogenated alkanes) is 1. The van der Waals surface area contributed by atoms with Gasteiger partial charge >= 0.3 is 0 Å². The Morgan fingerprint density at radius 2 is 1.52 bits per heavy atom. The molecular formula is C34H35BrClN3O4S. The van der Waals surface area contributed by atoms with Gasteiger partial charge in [0.2, 0.25) is 11.8 Å². The highest BCUT2D eigenvalue weighted by molar-refractivity contribution is 9.10. The van der Waals surface area contributed by atoms with Crippen LogP contribution in [0.2, 0.25) is 5.02 Å². The van der Waals surface area contributed by atoms with E-state index in [2.05, 4.69) is 21.2 Å². The van der Waals surface area contributed by atoms with E-state index in [0.717, 1.165) is 32.7 Å². The highest BCUT2D eigenvalue weighted by Crippen LogP contribution is 2.27. The van der Waals surface area contributed by atoms with Crippen LogP contribution in [0.1, 0.15) is 30.9 Å². The molecule has 44 heavy (non-hydrogen) atoms. The molecular weight excluding hydrogens is 662 g/mol. The maximum Gasteiger partial charge on any atom is 0.264 e. The number of carbonyl (C=O) groups excluding carboxylic acids is 2. The summed E-state index contributed by atoms with van der Waals surface area (Å²) in [5.74, 6) is -0.832. The van der Waals surface area contributed by atoms with Gasteiger partial charge in [0.05, 0.1) is 10.6 Å². The Hall–Kier alpha value is -3.66. The number of anilines is 1. The highest BCUT2D eigenvalue weighted by Gasteiger charge is 2.34. The molecule has 0 spiro atoms. The molecule has 1 atom stereocenters. The van der Waals surface area contributed by atoms with Gasteiger partial charge in [-0.15, -0.1) is 0 Å². The summed E-state index contributed by atoms with van der Waals surface area (Å²) in [5, 5.41) is 3.32. The van der Waals surface area contributed by atoms with Crippen molar-refractivity contribution in [2.24, 2.45) is 0 Å². The third-order valence-corrected chi connectivity index (χ3v) is 9.57. The molecule has 0 heterocycles. The van der Waals surface area contributed by atoms with Crippen molar-refractivity contribution in [1.29, 1.82) is 0 Å². The summed E-state index contributed by atoms with van der Waals surface area (Å²) in [6.07, 6.45) is 1.94. The summed E-state index contributed by atoms with van der Waals surface area (Å²) in [6, 6.07) is 30.4. The maximum absolute atomic E-state index is 14.4. The number of carbonyl (C=O) groups is 2. The first-order chi connectivity index (χ1) is 21.2. The van der Waals surface area contributed by atoms with Crippen LogP contribution in [0.3, 0.4) is 0 Å². The van der Waals surface area contributed by atoms with Gasteiger partial charge in [-0.1, -0.05) is 108 Å². The van der Waals surface area contributed by atoms with Crippen LogP contribution in [-0.2, 0) is 32.6 Å². The Labute approximate surface area is 273 Å². The highest BCUT2D eigenvalue weighted by atomic mass is 79.9. The molecule has 0 unspecified atom stereocenters. The van der Waals surface area contributed by atoms with E-state index < -0.39 is 28.5 Å². The van der Waals surface area contributed by atoms with Crippen LogP contribution < -0.4 is 9.62 Å². The third-order valence-electron chi connectivity index (χ3n) is 7.05. The molecule has 0 aliphatic rings. The second-order valence-electron chi connectivity index (χ2n) is 10.3. The first-order valence-corrected chi connectivity index (χ1v) is 17.0. The molecule has 4 aromatic carbocycles. The standard InChI is InChI=1S/C34H35BrClN3O4S/c1-2-3-20-37-34(41)32(22-26-12-6-4-7-13-26)38(24-27-14-10-15-28(35)21-27)33(40)25-39(30-17-11-16-29(36)23-30)44(42,43)31-18-8-5-9-19-31/h4-19,21,23,32H,2-3,20,22,24-25H2,1H3,(H,37,41)/t32-/m0/s1. The van der Waals surface area contributed by atoms with Crippen LogP contribution >= 0.6 is 27.5 Å². The smallest absolute Gasteiger partial charge is 0.264 e. The second-order valence-corrected chi connectivity index (χ2v) is 13.5. The Morgan fingerprint density at radius 3 is 2.18 bits per heavy atom. The van der Waals surface area contributed by atoms with E-state index in [-0.39, 0.29) is 29.5 Å². The minimum absolute atomic E-state index is 0.0319. The predicted molar refractivity (Wildman–Crippen MR) is 179 cm³/mol. The lowest BCUT2D eigenvalue weighted by atomic mass is 10.0. The second kappa shape index (κ2) is 15.9. The molecule has 0 saturated heterocycles. The molecule has 0 fully saturated rings. The zero-order chi connectivity index (χ0) is 31.5. The summed E-state index contributed by atoms with van der Waals surface area (Å²) in [5.41, 5.74) is 1.90. The van der Waals surface area contributed by atoms with Crippen LogP contribution in [0.4, 0.5) is 5.69 Å². The van der Waals surface area contributed by atoms with E-state index in [9.17, 15) is 18.0 Å². The van der Waals surface area contributed by atoms with Crippen LogP contribution in [0, 0.1) is 0 Å². The van der Waals surface area contributed by atoms with E-state index in [4.69, 9.17) is 11.6 Å². The molecule has 0 saturated carbocycles. The lowest BCUT2D eigenvalue weighted by molar-refractivity contribution is -0.140. The molecule has 0 aliphatic carbocycles. The molecule has 4 rings (SSSR count). The average molecular weight is 697 g/mol. The lowest BCUT2D eigenvalue weighted by Crippen LogP contribution is -2.53. The molecule has 0 radical (unpaired) electrons. The molecule has 0 aromatic heterocycles. The monoisotopic (exact) mass is 695 g/mol. The van der Waals surface area contributed by atoms with E-state index in [0.29, 0.717) is 11.6 Å². The Balaban J connectivity index is 1.78. The lowest BCUT2D eigenvalue weighted by Gasteiger charge is -2.34. The molecule has 10 heteroatoms. The van der Waals surface area contributed by atoms with E-state index in [1.165, 1.54) is 23.1 Å². The number of benzene rings is 4. The number of rotatable bonds is 14. The topological polar surface area (TPSA) is 86.8 Å². The minimum Gasteiger partial charge on any atom is -0.354 e. The normalized spacial score (nSPS) is 11.9. The molecule has 4 aromatic rings. The number of amides is 2. The van der Waals surface area contributed by atoms with Crippen molar-refractivity contribution in [1.82, 2.24) is 10.2 Å². The SMILES string of the molecule is CCCCNC(=O)[C@H](Cc1ccccc1)N(Cc1cccc(Br)c1)C(=O)CN(c1cccc(Cl)c1)S(=O)(=O)c1ccccc1. The van der Waals surface area contributed by atoms with Gasteiger partial charge in [0.15, 0.2) is 0 Å². The molecule has 0 aliphatic heterocycles. The van der Waals surface area contributed by atoms with E-state index in [1.807, 2.05) is 61.5 Å². The van der Waals surface area contributed by atoms with Crippen LogP contribution in [0.25, 0.3) is 0 Å². The molecule has 2 amide bonds. The van der Waals surface area contributed by atoms with Crippen molar-refractivity contribution in [3.63, 3.8) is 0 Å². The minimum atomic E-state index is -4.18. The van der Waals surface area contributed by atoms with Gasteiger partial charge in [0.1, 0.15) is 12.6 Å². The van der Waals surface area contributed by atoms with Gasteiger partial charge in [0.25, 0.3) is 10.0 Å². The average Bonchev–Trinajstić information content (AvgIpc) is 3.02. The van der Waals surface area contributed by atoms with Crippen molar-refractivity contribution >= 4 is 55.1 Å². The van der Waals surface area contributed by atoms with Gasteiger partial charge in [0, 0.05) is 29.0 Å². The summed E-state index contributed by atoms with van der Waals surface area (Å²) >= 11 is 9.77. The van der Waals surface area contributed by atoms with Crippen molar-refractivity contribution in [2.45, 2.75) is 43.7 Å². The quantitative estimate of drug-likeness (QED) is 0.146. The van der Waals surface area contributed by atoms with Crippen LogP contribution in [0.5, 0.6) is 0 Å². The van der Waals surface area contributed by atoms with Crippen molar-refractivity contribution < 1.29 is 18.0 Å². The number of nitrogens with one attached hydrogen (secondary N) is 1. The fraction of sp³-hybridized carbons (Fsp3) is 0.235. The number of nitrogens with zero attached hydrogens (tertiary/aromatic N) is 2. The van der Waals surface area contributed by atoms with Gasteiger partial charge in [-0.05, 0) is 60.0 Å². The van der Waals surface area contributed by atoms with Crippen molar-refractivity contribution in [3.8, 4) is 0 Å². The summed E-state index contributed by atoms with van der Waals surface area (Å²) in [6.45, 7) is 2.05. The molecule has 230 valence electrons. The zero-order valence-electron chi connectivity index (χ0n) is 24.4. The van der Waals surface area contributed by atoms with Gasteiger partial charge in [-0.2, -0.15) is 0 Å². The molecule has 0 bridgehead atoms. The van der Waals surface area contributed by atoms with Crippen molar-refractivity contribution in [3.05, 3.63) is 130 Å².